The first-order valence-electron chi connectivity index (χ1n) is 6.75. The Morgan fingerprint density at radius 2 is 2.05 bits per heavy atom. The molecule has 1 heterocycles. The van der Waals surface area contributed by atoms with E-state index in [1.165, 1.54) is 35.7 Å². The number of nitro benzene ring substituents is 1. The molecular weight excluding hydrogens is 310 g/mol. The molecule has 0 bridgehead atoms. The van der Waals surface area contributed by atoms with E-state index in [2.05, 4.69) is 0 Å². The lowest BCUT2D eigenvalue weighted by Gasteiger charge is -2.32. The third kappa shape index (κ3) is 2.84. The van der Waals surface area contributed by atoms with Crippen LogP contribution < -0.4 is 5.73 Å². The summed E-state index contributed by atoms with van der Waals surface area (Å²) in [5.74, 6) is 0. The Bertz CT molecular complexity index is 661. The highest BCUT2D eigenvalue weighted by molar-refractivity contribution is 7.89. The smallest absolute Gasteiger partial charge is 0.269 e. The summed E-state index contributed by atoms with van der Waals surface area (Å²) in [5.41, 5.74) is 4.87. The summed E-state index contributed by atoms with van der Waals surface area (Å²) >= 11 is 0. The monoisotopic (exact) mass is 329 g/mol. The van der Waals surface area contributed by atoms with Crippen LogP contribution in [0.1, 0.15) is 13.3 Å². The molecule has 0 amide bonds. The summed E-state index contributed by atoms with van der Waals surface area (Å²) in [7, 11) is -2.26. The number of hydrogen-bond acceptors (Lipinski definition) is 6. The summed E-state index contributed by atoms with van der Waals surface area (Å²) < 4.78 is 32.2. The van der Waals surface area contributed by atoms with Crippen molar-refractivity contribution in [2.24, 2.45) is 5.73 Å². The quantitative estimate of drug-likeness (QED) is 0.628. The molecule has 8 nitrogen and oxygen atoms in total. The van der Waals surface area contributed by atoms with Crippen LogP contribution in [0.4, 0.5) is 5.69 Å². The van der Waals surface area contributed by atoms with Crippen molar-refractivity contribution in [1.82, 2.24) is 4.31 Å². The molecule has 2 unspecified atom stereocenters. The number of rotatable bonds is 5. The Morgan fingerprint density at radius 1 is 1.45 bits per heavy atom. The van der Waals surface area contributed by atoms with E-state index in [0.717, 1.165) is 0 Å². The van der Waals surface area contributed by atoms with Gasteiger partial charge in [-0.15, -0.1) is 0 Å². The average Bonchev–Trinajstić information content (AvgIpc) is 2.86. The molecule has 9 heteroatoms. The maximum absolute atomic E-state index is 12.8. The lowest BCUT2D eigenvalue weighted by atomic mass is 10.00. The molecule has 0 spiro atoms. The molecule has 1 aromatic carbocycles. The number of nitrogens with two attached hydrogens (primary N) is 1. The Kier molecular flexibility index (Phi) is 4.52. The van der Waals surface area contributed by atoms with Gasteiger partial charge in [-0.2, -0.15) is 4.31 Å². The lowest BCUT2D eigenvalue weighted by Crippen LogP contribution is -2.49. The summed E-state index contributed by atoms with van der Waals surface area (Å²) in [6, 6.07) is 4.84. The van der Waals surface area contributed by atoms with Crippen LogP contribution in [0, 0.1) is 10.1 Å². The molecule has 22 heavy (non-hydrogen) atoms. The number of hydrogen-bond donors (Lipinski definition) is 1. The van der Waals surface area contributed by atoms with Crippen LogP contribution in [-0.2, 0) is 14.8 Å². The van der Waals surface area contributed by atoms with Crippen molar-refractivity contribution in [3.63, 3.8) is 0 Å². The number of sulfonamides is 1. The average molecular weight is 329 g/mol. The van der Waals surface area contributed by atoms with Gasteiger partial charge in [0, 0.05) is 37.9 Å². The van der Waals surface area contributed by atoms with Gasteiger partial charge in [-0.05, 0) is 25.5 Å². The highest BCUT2D eigenvalue weighted by atomic mass is 32.2. The van der Waals surface area contributed by atoms with E-state index in [0.29, 0.717) is 6.42 Å². The van der Waals surface area contributed by atoms with Crippen LogP contribution in [-0.4, -0.2) is 49.5 Å². The lowest BCUT2D eigenvalue weighted by molar-refractivity contribution is -0.384. The summed E-state index contributed by atoms with van der Waals surface area (Å²) in [4.78, 5) is 10.1. The number of ether oxygens (including phenoxy) is 1. The van der Waals surface area contributed by atoms with Crippen LogP contribution in [0.3, 0.4) is 0 Å². The first-order valence-corrected chi connectivity index (χ1v) is 8.19. The van der Waals surface area contributed by atoms with Gasteiger partial charge >= 0.3 is 0 Å². The van der Waals surface area contributed by atoms with E-state index in [1.54, 1.807) is 6.92 Å². The van der Waals surface area contributed by atoms with Gasteiger partial charge in [0.1, 0.15) is 0 Å². The molecule has 0 aromatic heterocycles. The maximum atomic E-state index is 12.8. The van der Waals surface area contributed by atoms with E-state index in [4.69, 9.17) is 10.5 Å². The van der Waals surface area contributed by atoms with Crippen LogP contribution >= 0.6 is 0 Å². The first-order chi connectivity index (χ1) is 10.2. The number of benzene rings is 1. The van der Waals surface area contributed by atoms with Crippen molar-refractivity contribution in [2.75, 3.05) is 20.2 Å². The second-order valence-corrected chi connectivity index (χ2v) is 7.41. The fraction of sp³-hybridized carbons (Fsp3) is 0.538. The molecule has 0 aliphatic carbocycles. The molecule has 0 radical (unpaired) electrons. The molecule has 0 saturated carbocycles. The van der Waals surface area contributed by atoms with Crippen LogP contribution in [0.2, 0.25) is 0 Å². The molecule has 1 fully saturated rings. The number of nitrogens with zero attached hydrogens (tertiary/aromatic N) is 2. The second-order valence-electron chi connectivity index (χ2n) is 5.55. The fourth-order valence-electron chi connectivity index (χ4n) is 2.66. The van der Waals surface area contributed by atoms with Gasteiger partial charge in [0.2, 0.25) is 10.0 Å². The van der Waals surface area contributed by atoms with E-state index >= 15 is 0 Å². The Hall–Kier alpha value is -1.55. The predicted molar refractivity (Wildman–Crippen MR) is 79.9 cm³/mol. The minimum atomic E-state index is -3.79. The zero-order chi connectivity index (χ0) is 16.5. The van der Waals surface area contributed by atoms with E-state index in [-0.39, 0.29) is 29.8 Å². The van der Waals surface area contributed by atoms with Crippen LogP contribution in [0.25, 0.3) is 0 Å². The van der Waals surface area contributed by atoms with E-state index < -0.39 is 20.5 Å². The van der Waals surface area contributed by atoms with Gasteiger partial charge in [-0.25, -0.2) is 8.42 Å². The summed E-state index contributed by atoms with van der Waals surface area (Å²) in [5, 5.41) is 10.7. The van der Waals surface area contributed by atoms with Crippen LogP contribution in [0.5, 0.6) is 0 Å². The fourth-order valence-corrected chi connectivity index (χ4v) is 4.49. The molecule has 1 aromatic rings. The number of methoxy groups -OCH3 is 1. The van der Waals surface area contributed by atoms with E-state index in [9.17, 15) is 18.5 Å². The van der Waals surface area contributed by atoms with Crippen molar-refractivity contribution in [3.05, 3.63) is 34.4 Å². The highest BCUT2D eigenvalue weighted by Crippen LogP contribution is 2.35. The normalized spacial score (nSPS) is 26.2. The molecule has 2 N–H and O–H groups in total. The zero-order valence-corrected chi connectivity index (χ0v) is 13.2. The molecule has 122 valence electrons. The molecule has 2 rings (SSSR count). The van der Waals surface area contributed by atoms with Gasteiger partial charge in [0.15, 0.2) is 0 Å². The van der Waals surface area contributed by atoms with Gasteiger partial charge in [0.25, 0.3) is 5.69 Å². The summed E-state index contributed by atoms with van der Waals surface area (Å²) in [6.07, 6.45) is 0.285. The Labute approximate surface area is 129 Å². The second kappa shape index (κ2) is 5.92. The molecule has 2 atom stereocenters. The highest BCUT2D eigenvalue weighted by Gasteiger charge is 2.47. The van der Waals surface area contributed by atoms with Crippen molar-refractivity contribution >= 4 is 15.7 Å². The zero-order valence-electron chi connectivity index (χ0n) is 12.4. The topological polar surface area (TPSA) is 116 Å². The van der Waals surface area contributed by atoms with Crippen molar-refractivity contribution in [1.29, 1.82) is 0 Å². The molecule has 1 aliphatic heterocycles. The largest absolute Gasteiger partial charge is 0.380 e. The standard InChI is InChI=1S/C13H19N3O5S/c1-13(9-14)7-11(21-2)8-15(13)22(19,20)12-5-3-10(4-6-12)16(17)18/h3-6,11H,7-9,14H2,1-2H3. The SMILES string of the molecule is COC1CN(S(=O)(=O)c2ccc([N+](=O)[O-])cc2)C(C)(CN)C1. The van der Waals surface area contributed by atoms with Crippen molar-refractivity contribution < 1.29 is 18.1 Å². The third-order valence-corrected chi connectivity index (χ3v) is 6.09. The Balaban J connectivity index is 2.38. The van der Waals surface area contributed by atoms with Gasteiger partial charge in [0.05, 0.1) is 15.9 Å². The summed E-state index contributed by atoms with van der Waals surface area (Å²) in [6.45, 7) is 2.15. The van der Waals surface area contributed by atoms with Gasteiger partial charge in [-0.3, -0.25) is 10.1 Å². The first kappa shape index (κ1) is 16.8. The Morgan fingerprint density at radius 3 is 2.50 bits per heavy atom. The van der Waals surface area contributed by atoms with Crippen molar-refractivity contribution in [2.45, 2.75) is 29.9 Å². The van der Waals surface area contributed by atoms with Gasteiger partial charge in [-0.1, -0.05) is 0 Å². The number of non-ortho nitro benzene ring substituents is 1. The third-order valence-electron chi connectivity index (χ3n) is 4.05. The minimum absolute atomic E-state index is 0.00882. The molecule has 1 aliphatic rings. The molecular formula is C13H19N3O5S. The molecule has 1 saturated heterocycles. The van der Waals surface area contributed by atoms with Gasteiger partial charge < -0.3 is 10.5 Å². The van der Waals surface area contributed by atoms with E-state index in [1.807, 2.05) is 0 Å². The maximum Gasteiger partial charge on any atom is 0.269 e. The number of nitro groups is 1. The van der Waals surface area contributed by atoms with Crippen LogP contribution in [0.15, 0.2) is 29.2 Å². The predicted octanol–water partition coefficient (Wildman–Crippen LogP) is 0.722. The van der Waals surface area contributed by atoms with Crippen molar-refractivity contribution in [3.8, 4) is 0 Å². The minimum Gasteiger partial charge on any atom is -0.380 e.